The lowest BCUT2D eigenvalue weighted by Gasteiger charge is -2.06. The first-order valence-corrected chi connectivity index (χ1v) is 7.26. The summed E-state index contributed by atoms with van der Waals surface area (Å²) in [6.45, 7) is 0. The maximum atomic E-state index is 12.1. The van der Waals surface area contributed by atoms with E-state index >= 15 is 0 Å². The zero-order valence-electron chi connectivity index (χ0n) is 12.2. The van der Waals surface area contributed by atoms with Gasteiger partial charge in [-0.2, -0.15) is 0 Å². The van der Waals surface area contributed by atoms with Crippen LogP contribution in [-0.2, 0) is 11.2 Å². The van der Waals surface area contributed by atoms with E-state index < -0.39 is 0 Å². The Morgan fingerprint density at radius 2 is 1.91 bits per heavy atom. The van der Waals surface area contributed by atoms with Crippen molar-refractivity contribution in [3.63, 3.8) is 0 Å². The summed E-state index contributed by atoms with van der Waals surface area (Å²) in [7, 11) is 0. The van der Waals surface area contributed by atoms with Crippen molar-refractivity contribution in [1.29, 1.82) is 0 Å². The topological polar surface area (TPSA) is 75.1 Å². The summed E-state index contributed by atoms with van der Waals surface area (Å²) in [6, 6.07) is 10.9. The van der Waals surface area contributed by atoms with Crippen molar-refractivity contribution >= 4 is 28.2 Å². The molecule has 2 aromatic heterocycles. The average Bonchev–Trinajstić information content (AvgIpc) is 2.90. The van der Waals surface area contributed by atoms with Crippen molar-refractivity contribution in [2.24, 2.45) is 0 Å². The van der Waals surface area contributed by atoms with Gasteiger partial charge >= 0.3 is 0 Å². The third-order valence-electron chi connectivity index (χ3n) is 3.94. The van der Waals surface area contributed by atoms with Gasteiger partial charge in [0.05, 0.1) is 0 Å². The molecule has 0 fully saturated rings. The first-order valence-electron chi connectivity index (χ1n) is 7.26. The fourth-order valence-electron chi connectivity index (χ4n) is 2.83. The molecule has 112 valence electrons. The quantitative estimate of drug-likeness (QED) is 0.714. The maximum Gasteiger partial charge on any atom is 0.257 e. The molecule has 3 heterocycles. The molecule has 5 heteroatoms. The lowest BCUT2D eigenvalue weighted by atomic mass is 10.0. The standard InChI is InChI=1S/C18H13N3O2/c22-15-8-6-11(12-3-1-9-19-16(12)15)5-7-14-13-4-2-10-20-17(13)21-18(14)23/h1-4,6-10,22H,5H2,(H,20,21,23). The van der Waals surface area contributed by atoms with Gasteiger partial charge in [0.2, 0.25) is 0 Å². The number of fused-ring (bicyclic) bond motifs is 2. The predicted molar refractivity (Wildman–Crippen MR) is 88.0 cm³/mol. The smallest absolute Gasteiger partial charge is 0.257 e. The first kappa shape index (κ1) is 13.5. The number of aromatic hydroxyl groups is 1. The van der Waals surface area contributed by atoms with Gasteiger partial charge in [-0.3, -0.25) is 9.78 Å². The summed E-state index contributed by atoms with van der Waals surface area (Å²) < 4.78 is 0. The number of pyridine rings is 2. The maximum absolute atomic E-state index is 12.1. The fraction of sp³-hybridized carbons (Fsp3) is 0.0556. The normalized spacial score (nSPS) is 15.0. The summed E-state index contributed by atoms with van der Waals surface area (Å²) in [6.07, 6.45) is 5.76. The van der Waals surface area contributed by atoms with Gasteiger partial charge in [0, 0.05) is 28.9 Å². The van der Waals surface area contributed by atoms with E-state index in [0.29, 0.717) is 23.3 Å². The molecule has 0 saturated heterocycles. The van der Waals surface area contributed by atoms with Gasteiger partial charge in [0.25, 0.3) is 5.91 Å². The van der Waals surface area contributed by atoms with Crippen LogP contribution in [0.3, 0.4) is 0 Å². The summed E-state index contributed by atoms with van der Waals surface area (Å²) >= 11 is 0. The number of anilines is 1. The summed E-state index contributed by atoms with van der Waals surface area (Å²) in [5, 5.41) is 13.5. The van der Waals surface area contributed by atoms with Crippen LogP contribution in [0, 0.1) is 0 Å². The molecular formula is C18H13N3O2. The van der Waals surface area contributed by atoms with E-state index in [0.717, 1.165) is 16.5 Å². The monoisotopic (exact) mass is 303 g/mol. The molecule has 0 saturated carbocycles. The second-order valence-electron chi connectivity index (χ2n) is 5.32. The third-order valence-corrected chi connectivity index (χ3v) is 3.94. The largest absolute Gasteiger partial charge is 0.506 e. The van der Waals surface area contributed by atoms with Crippen molar-refractivity contribution in [1.82, 2.24) is 9.97 Å². The van der Waals surface area contributed by atoms with Crippen LogP contribution in [0.4, 0.5) is 5.82 Å². The van der Waals surface area contributed by atoms with E-state index in [1.54, 1.807) is 18.5 Å². The minimum Gasteiger partial charge on any atom is -0.506 e. The molecule has 23 heavy (non-hydrogen) atoms. The van der Waals surface area contributed by atoms with Crippen LogP contribution >= 0.6 is 0 Å². The Bertz CT molecular complexity index is 963. The van der Waals surface area contributed by atoms with E-state index in [4.69, 9.17) is 0 Å². The molecule has 0 aliphatic carbocycles. The zero-order chi connectivity index (χ0) is 15.8. The van der Waals surface area contributed by atoms with Crippen molar-refractivity contribution in [3.8, 4) is 5.75 Å². The predicted octanol–water partition coefficient (Wildman–Crippen LogP) is 2.91. The molecular weight excluding hydrogens is 290 g/mol. The van der Waals surface area contributed by atoms with Gasteiger partial charge in [-0.05, 0) is 36.2 Å². The molecule has 0 unspecified atom stereocenters. The lowest BCUT2D eigenvalue weighted by molar-refractivity contribution is -0.110. The second-order valence-corrected chi connectivity index (χ2v) is 5.32. The van der Waals surface area contributed by atoms with Gasteiger partial charge < -0.3 is 10.4 Å². The Hall–Kier alpha value is -3.21. The summed E-state index contributed by atoms with van der Waals surface area (Å²) in [5.74, 6) is 0.617. The minimum atomic E-state index is -0.139. The zero-order valence-corrected chi connectivity index (χ0v) is 12.2. The Balaban J connectivity index is 1.75. The van der Waals surface area contributed by atoms with Crippen LogP contribution in [0.2, 0.25) is 0 Å². The van der Waals surface area contributed by atoms with Crippen molar-refractivity contribution in [2.75, 3.05) is 5.32 Å². The number of hydrogen-bond donors (Lipinski definition) is 2. The molecule has 2 N–H and O–H groups in total. The number of amides is 1. The highest BCUT2D eigenvalue weighted by Crippen LogP contribution is 2.31. The molecule has 4 rings (SSSR count). The van der Waals surface area contributed by atoms with Crippen molar-refractivity contribution in [3.05, 3.63) is 66.0 Å². The van der Waals surface area contributed by atoms with Crippen LogP contribution in [0.1, 0.15) is 11.1 Å². The molecule has 1 aromatic carbocycles. The number of carbonyl (C=O) groups is 1. The number of hydrogen-bond acceptors (Lipinski definition) is 4. The first-order chi connectivity index (χ1) is 11.2. The van der Waals surface area contributed by atoms with Crippen LogP contribution in [0.5, 0.6) is 5.75 Å². The Kier molecular flexibility index (Phi) is 3.05. The van der Waals surface area contributed by atoms with Gasteiger partial charge in [-0.1, -0.05) is 18.2 Å². The van der Waals surface area contributed by atoms with E-state index in [2.05, 4.69) is 15.3 Å². The van der Waals surface area contributed by atoms with E-state index in [1.807, 2.05) is 36.4 Å². The number of allylic oxidation sites excluding steroid dienone is 1. The van der Waals surface area contributed by atoms with Crippen LogP contribution in [-0.4, -0.2) is 21.0 Å². The number of nitrogens with one attached hydrogen (secondary N) is 1. The number of rotatable bonds is 2. The number of phenols is 1. The van der Waals surface area contributed by atoms with E-state index in [9.17, 15) is 9.90 Å². The third kappa shape index (κ3) is 2.23. The number of aromatic nitrogens is 2. The average molecular weight is 303 g/mol. The van der Waals surface area contributed by atoms with Gasteiger partial charge in [-0.25, -0.2) is 4.98 Å². The highest BCUT2D eigenvalue weighted by molar-refractivity contribution is 6.31. The number of carbonyl (C=O) groups excluding carboxylic acids is 1. The molecule has 0 spiro atoms. The fourth-order valence-corrected chi connectivity index (χ4v) is 2.83. The second kappa shape index (κ2) is 5.21. The highest BCUT2D eigenvalue weighted by atomic mass is 16.3. The van der Waals surface area contributed by atoms with Gasteiger partial charge in [0.15, 0.2) is 0 Å². The molecule has 0 bridgehead atoms. The Labute approximate surface area is 132 Å². The van der Waals surface area contributed by atoms with Crippen LogP contribution < -0.4 is 5.32 Å². The molecule has 1 amide bonds. The molecule has 1 aliphatic heterocycles. The van der Waals surface area contributed by atoms with Crippen molar-refractivity contribution in [2.45, 2.75) is 6.42 Å². The molecule has 5 nitrogen and oxygen atoms in total. The van der Waals surface area contributed by atoms with E-state index in [1.165, 1.54) is 0 Å². The molecule has 0 radical (unpaired) electrons. The van der Waals surface area contributed by atoms with Gasteiger partial charge in [-0.15, -0.1) is 0 Å². The molecule has 1 aliphatic rings. The lowest BCUT2D eigenvalue weighted by Crippen LogP contribution is -2.04. The van der Waals surface area contributed by atoms with Gasteiger partial charge in [0.1, 0.15) is 17.1 Å². The summed E-state index contributed by atoms with van der Waals surface area (Å²) in [4.78, 5) is 20.5. The van der Waals surface area contributed by atoms with Crippen LogP contribution in [0.15, 0.2) is 54.9 Å². The molecule has 3 aromatic rings. The SMILES string of the molecule is O=C1Nc2ncccc2C1=CCc1ccc(O)c2ncccc12. The Morgan fingerprint density at radius 1 is 1.09 bits per heavy atom. The van der Waals surface area contributed by atoms with E-state index in [-0.39, 0.29) is 11.7 Å². The van der Waals surface area contributed by atoms with Crippen molar-refractivity contribution < 1.29 is 9.90 Å². The minimum absolute atomic E-state index is 0.139. The van der Waals surface area contributed by atoms with Crippen LogP contribution in [0.25, 0.3) is 16.5 Å². The Morgan fingerprint density at radius 3 is 2.83 bits per heavy atom. The number of phenolic OH excluding ortho intramolecular Hbond substituents is 1. The highest BCUT2D eigenvalue weighted by Gasteiger charge is 2.24. The number of nitrogens with zero attached hydrogens (tertiary/aromatic N) is 2. The molecule has 0 atom stereocenters. The summed E-state index contributed by atoms with van der Waals surface area (Å²) in [5.41, 5.74) is 3.02. The number of benzene rings is 1.